The molecule has 0 saturated heterocycles. The number of aromatic nitrogens is 3. The summed E-state index contributed by atoms with van der Waals surface area (Å²) in [7, 11) is 1.60. The first-order valence-electron chi connectivity index (χ1n) is 9.93. The maximum atomic E-state index is 12.5. The van der Waals surface area contributed by atoms with Crippen LogP contribution in [0.2, 0.25) is 0 Å². The fraction of sp³-hybridized carbons (Fsp3) is 0.0833. The second kappa shape index (κ2) is 9.89. The summed E-state index contributed by atoms with van der Waals surface area (Å²) in [4.78, 5) is 29.3. The number of methoxy groups -OCH3 is 1. The van der Waals surface area contributed by atoms with E-state index in [1.54, 1.807) is 31.4 Å². The number of carbonyl (C=O) groups excluding carboxylic acids is 1. The van der Waals surface area contributed by atoms with Crippen molar-refractivity contribution < 1.29 is 9.53 Å². The number of aromatic amines is 1. The van der Waals surface area contributed by atoms with Crippen molar-refractivity contribution in [3.63, 3.8) is 0 Å². The Morgan fingerprint density at radius 2 is 1.91 bits per heavy atom. The van der Waals surface area contributed by atoms with Crippen molar-refractivity contribution >= 4 is 23.5 Å². The monoisotopic (exact) mass is 457 g/mol. The highest BCUT2D eigenvalue weighted by atomic mass is 32.2. The lowest BCUT2D eigenvalue weighted by Gasteiger charge is -2.08. The molecule has 1 amide bonds. The molecule has 4 rings (SSSR count). The van der Waals surface area contributed by atoms with E-state index in [4.69, 9.17) is 4.74 Å². The molecule has 0 saturated carbocycles. The normalized spacial score (nSPS) is 10.4. The number of carbonyl (C=O) groups is 1. The van der Waals surface area contributed by atoms with E-state index >= 15 is 0 Å². The summed E-state index contributed by atoms with van der Waals surface area (Å²) in [6, 6.07) is 23.3. The Kier molecular flexibility index (Phi) is 6.57. The van der Waals surface area contributed by atoms with Crippen LogP contribution < -0.4 is 15.6 Å². The van der Waals surface area contributed by atoms with Crippen LogP contribution in [0.15, 0.2) is 82.6 Å². The van der Waals surface area contributed by atoms with Gasteiger partial charge < -0.3 is 10.1 Å². The van der Waals surface area contributed by atoms with Crippen molar-refractivity contribution in [3.8, 4) is 28.8 Å². The molecule has 2 heterocycles. The second-order valence-electron chi connectivity index (χ2n) is 6.91. The van der Waals surface area contributed by atoms with Crippen molar-refractivity contribution in [1.82, 2.24) is 14.8 Å². The van der Waals surface area contributed by atoms with Gasteiger partial charge in [0.2, 0.25) is 5.91 Å². The molecule has 0 spiro atoms. The van der Waals surface area contributed by atoms with Crippen LogP contribution in [0.25, 0.3) is 16.9 Å². The molecule has 0 atom stereocenters. The molecule has 4 aromatic rings. The van der Waals surface area contributed by atoms with Gasteiger partial charge in [-0.1, -0.05) is 30.0 Å². The Labute approximate surface area is 193 Å². The molecular weight excluding hydrogens is 438 g/mol. The Bertz CT molecular complexity index is 1370. The van der Waals surface area contributed by atoms with Gasteiger partial charge in [0.25, 0.3) is 5.56 Å². The molecule has 0 aliphatic rings. The first-order chi connectivity index (χ1) is 16.1. The zero-order valence-electron chi connectivity index (χ0n) is 17.6. The van der Waals surface area contributed by atoms with E-state index in [0.29, 0.717) is 22.0 Å². The van der Waals surface area contributed by atoms with Crippen LogP contribution >= 0.6 is 11.8 Å². The first kappa shape index (κ1) is 21.9. The average Bonchev–Trinajstić information content (AvgIpc) is 3.22. The molecular formula is C24H19N5O3S. The van der Waals surface area contributed by atoms with Crippen LogP contribution in [0.3, 0.4) is 0 Å². The van der Waals surface area contributed by atoms with Gasteiger partial charge in [-0.15, -0.1) is 0 Å². The number of para-hydroxylation sites is 1. The number of ether oxygens (including phenoxy) is 1. The Hall–Kier alpha value is -4.29. The summed E-state index contributed by atoms with van der Waals surface area (Å²) in [5.41, 5.74) is 2.31. The summed E-state index contributed by atoms with van der Waals surface area (Å²) in [6.45, 7) is 0. The smallest absolute Gasteiger partial charge is 0.273 e. The zero-order valence-corrected chi connectivity index (χ0v) is 18.4. The third-order valence-electron chi connectivity index (χ3n) is 4.72. The average molecular weight is 458 g/mol. The summed E-state index contributed by atoms with van der Waals surface area (Å²) in [6.07, 6.45) is 0. The predicted molar refractivity (Wildman–Crippen MR) is 127 cm³/mol. The topological polar surface area (TPSA) is 113 Å². The first-order valence-corrected chi connectivity index (χ1v) is 10.9. The molecule has 2 aromatic carbocycles. The van der Waals surface area contributed by atoms with Crippen molar-refractivity contribution in [2.45, 2.75) is 5.03 Å². The highest BCUT2D eigenvalue weighted by Gasteiger charge is 2.13. The van der Waals surface area contributed by atoms with Gasteiger partial charge in [-0.2, -0.15) is 5.26 Å². The molecule has 0 radical (unpaired) electrons. The van der Waals surface area contributed by atoms with Gasteiger partial charge in [0.1, 0.15) is 22.7 Å². The van der Waals surface area contributed by atoms with E-state index in [1.165, 1.54) is 10.7 Å². The quantitative estimate of drug-likeness (QED) is 0.408. The number of thioether (sulfide) groups is 1. The van der Waals surface area contributed by atoms with Gasteiger partial charge in [0.05, 0.1) is 29.8 Å². The number of H-pyrrole nitrogens is 1. The van der Waals surface area contributed by atoms with Gasteiger partial charge in [-0.05, 0) is 48.5 Å². The minimum Gasteiger partial charge on any atom is -0.497 e. The van der Waals surface area contributed by atoms with Gasteiger partial charge in [0, 0.05) is 11.6 Å². The number of nitrogens with zero attached hydrogens (tertiary/aromatic N) is 3. The fourth-order valence-corrected chi connectivity index (χ4v) is 3.88. The molecule has 8 nitrogen and oxygen atoms in total. The SMILES string of the molecule is COc1ccc(-c2ccc(C#N)c(SCC(=O)Nc3cc(=O)n(-c4ccccc4)[nH]3)n2)cc1. The highest BCUT2D eigenvalue weighted by molar-refractivity contribution is 8.00. The molecule has 0 bridgehead atoms. The van der Waals surface area contributed by atoms with E-state index in [-0.39, 0.29) is 23.0 Å². The lowest BCUT2D eigenvalue weighted by Crippen LogP contribution is -2.15. The zero-order chi connectivity index (χ0) is 23.2. The number of nitriles is 1. The van der Waals surface area contributed by atoms with Gasteiger partial charge in [0.15, 0.2) is 0 Å². The molecule has 2 N–H and O–H groups in total. The fourth-order valence-electron chi connectivity index (χ4n) is 3.11. The van der Waals surface area contributed by atoms with Gasteiger partial charge >= 0.3 is 0 Å². The number of pyridine rings is 1. The number of anilines is 1. The molecule has 0 aliphatic heterocycles. The van der Waals surface area contributed by atoms with Crippen LogP contribution in [0.1, 0.15) is 5.56 Å². The Morgan fingerprint density at radius 1 is 1.15 bits per heavy atom. The minimum atomic E-state index is -0.331. The molecule has 2 aromatic heterocycles. The van der Waals surface area contributed by atoms with Crippen LogP contribution in [0, 0.1) is 11.3 Å². The van der Waals surface area contributed by atoms with Crippen molar-refractivity contribution in [1.29, 1.82) is 5.26 Å². The molecule has 0 unspecified atom stereocenters. The van der Waals surface area contributed by atoms with E-state index < -0.39 is 0 Å². The van der Waals surface area contributed by atoms with Gasteiger partial charge in [-0.25, -0.2) is 9.67 Å². The standard InChI is InChI=1S/C24H19N5O3S/c1-32-19-10-7-16(8-11-19)20-12-9-17(14-25)24(26-20)33-15-22(30)27-21-13-23(31)29(28-21)18-5-3-2-4-6-18/h2-13,28H,15H2,1H3,(H,27,30). The van der Waals surface area contributed by atoms with E-state index in [2.05, 4.69) is 21.5 Å². The van der Waals surface area contributed by atoms with Crippen LogP contribution in [-0.2, 0) is 4.79 Å². The van der Waals surface area contributed by atoms with E-state index in [1.807, 2.05) is 42.5 Å². The molecule has 0 aliphatic carbocycles. The maximum absolute atomic E-state index is 12.5. The number of hydrogen-bond acceptors (Lipinski definition) is 6. The number of rotatable bonds is 7. The molecule has 9 heteroatoms. The van der Waals surface area contributed by atoms with Crippen molar-refractivity contribution in [2.75, 3.05) is 18.2 Å². The third-order valence-corrected chi connectivity index (χ3v) is 5.71. The second-order valence-corrected chi connectivity index (χ2v) is 7.87. The number of nitrogens with one attached hydrogen (secondary N) is 2. The largest absolute Gasteiger partial charge is 0.497 e. The third kappa shape index (κ3) is 5.14. The van der Waals surface area contributed by atoms with Crippen LogP contribution in [0.5, 0.6) is 5.75 Å². The van der Waals surface area contributed by atoms with Crippen LogP contribution in [-0.4, -0.2) is 33.5 Å². The minimum absolute atomic E-state index is 0.0201. The number of benzene rings is 2. The Morgan fingerprint density at radius 3 is 2.61 bits per heavy atom. The molecule has 164 valence electrons. The maximum Gasteiger partial charge on any atom is 0.273 e. The Balaban J connectivity index is 1.46. The lowest BCUT2D eigenvalue weighted by atomic mass is 10.1. The molecule has 33 heavy (non-hydrogen) atoms. The van der Waals surface area contributed by atoms with E-state index in [0.717, 1.165) is 23.1 Å². The number of hydrogen-bond donors (Lipinski definition) is 2. The van der Waals surface area contributed by atoms with Crippen molar-refractivity contribution in [3.05, 3.63) is 88.7 Å². The highest BCUT2D eigenvalue weighted by Crippen LogP contribution is 2.26. The molecule has 0 fully saturated rings. The van der Waals surface area contributed by atoms with Crippen molar-refractivity contribution in [2.24, 2.45) is 0 Å². The summed E-state index contributed by atoms with van der Waals surface area (Å²) < 4.78 is 6.52. The van der Waals surface area contributed by atoms with Gasteiger partial charge in [-0.3, -0.25) is 14.7 Å². The lowest BCUT2D eigenvalue weighted by molar-refractivity contribution is -0.113. The number of amides is 1. The van der Waals surface area contributed by atoms with Crippen LogP contribution in [0.4, 0.5) is 5.82 Å². The summed E-state index contributed by atoms with van der Waals surface area (Å²) in [5.74, 6) is 0.710. The van der Waals surface area contributed by atoms with E-state index in [9.17, 15) is 14.9 Å². The summed E-state index contributed by atoms with van der Waals surface area (Å²) >= 11 is 1.15. The predicted octanol–water partition coefficient (Wildman–Crippen LogP) is 3.84. The summed E-state index contributed by atoms with van der Waals surface area (Å²) in [5, 5.41) is 15.4.